The number of rotatable bonds is 7. The highest BCUT2D eigenvalue weighted by Gasteiger charge is 2.20. The van der Waals surface area contributed by atoms with Crippen LogP contribution in [0.5, 0.6) is 5.75 Å². The van der Waals surface area contributed by atoms with Gasteiger partial charge in [-0.1, -0.05) is 12.1 Å². The van der Waals surface area contributed by atoms with Crippen LogP contribution in [-0.4, -0.2) is 57.0 Å². The van der Waals surface area contributed by atoms with Gasteiger partial charge in [0, 0.05) is 19.6 Å². The normalized spacial score (nSPS) is 18.4. The van der Waals surface area contributed by atoms with Crippen molar-refractivity contribution in [3.63, 3.8) is 0 Å². The minimum Gasteiger partial charge on any atom is -0.491 e. The number of carbonyl (C=O) groups is 1. The summed E-state index contributed by atoms with van der Waals surface area (Å²) < 4.78 is 7.57. The predicted molar refractivity (Wildman–Crippen MR) is 88.1 cm³/mol. The van der Waals surface area contributed by atoms with Crippen LogP contribution in [0, 0.1) is 5.92 Å². The zero-order valence-electron chi connectivity index (χ0n) is 13.5. The third kappa shape index (κ3) is 4.32. The minimum absolute atomic E-state index is 0.209. The van der Waals surface area contributed by atoms with Gasteiger partial charge in [-0.25, -0.2) is 9.78 Å². The Morgan fingerprint density at radius 2 is 2.25 bits per heavy atom. The smallest absolute Gasteiger partial charge is 0.339 e. The van der Waals surface area contributed by atoms with Crippen molar-refractivity contribution in [2.45, 2.75) is 19.4 Å². The molecule has 0 saturated carbocycles. The molecule has 1 unspecified atom stereocenters. The molecule has 1 aromatic heterocycles. The van der Waals surface area contributed by atoms with Crippen LogP contribution in [0.4, 0.5) is 0 Å². The van der Waals surface area contributed by atoms with Gasteiger partial charge in [0.05, 0.1) is 0 Å². The number of aromatic carboxylic acids is 1. The lowest BCUT2D eigenvalue weighted by atomic mass is 9.98. The van der Waals surface area contributed by atoms with Gasteiger partial charge >= 0.3 is 5.97 Å². The lowest BCUT2D eigenvalue weighted by molar-refractivity contribution is 0.0691. The summed E-state index contributed by atoms with van der Waals surface area (Å²) in [6, 6.07) is 6.76. The molecular weight excluding hydrogens is 308 g/mol. The topological polar surface area (TPSA) is 80.5 Å². The number of ether oxygens (including phenoxy) is 1. The highest BCUT2D eigenvalue weighted by Crippen LogP contribution is 2.19. The average molecular weight is 330 g/mol. The fourth-order valence-electron chi connectivity index (χ4n) is 3.15. The van der Waals surface area contributed by atoms with Gasteiger partial charge in [-0.2, -0.15) is 5.10 Å². The summed E-state index contributed by atoms with van der Waals surface area (Å²) in [4.78, 5) is 17.5. The quantitative estimate of drug-likeness (QED) is 0.833. The number of para-hydroxylation sites is 1. The first-order valence-corrected chi connectivity index (χ1v) is 8.22. The molecule has 1 N–H and O–H groups in total. The van der Waals surface area contributed by atoms with Gasteiger partial charge in [0.2, 0.25) is 0 Å². The maximum Gasteiger partial charge on any atom is 0.339 e. The van der Waals surface area contributed by atoms with Crippen molar-refractivity contribution >= 4 is 5.97 Å². The molecule has 0 spiro atoms. The first kappa shape index (κ1) is 16.4. The number of piperidine rings is 1. The van der Waals surface area contributed by atoms with Crippen molar-refractivity contribution in [2.75, 3.05) is 26.2 Å². The summed E-state index contributed by atoms with van der Waals surface area (Å²) in [6.45, 7) is 4.23. The zero-order valence-corrected chi connectivity index (χ0v) is 13.5. The summed E-state index contributed by atoms with van der Waals surface area (Å²) >= 11 is 0. The lowest BCUT2D eigenvalue weighted by Crippen LogP contribution is -2.39. The highest BCUT2D eigenvalue weighted by molar-refractivity contribution is 5.90. The molecule has 24 heavy (non-hydrogen) atoms. The molecule has 3 rings (SSSR count). The van der Waals surface area contributed by atoms with E-state index in [1.54, 1.807) is 36.9 Å². The fraction of sp³-hybridized carbons (Fsp3) is 0.471. The summed E-state index contributed by atoms with van der Waals surface area (Å²) in [6.07, 6.45) is 5.67. The van der Waals surface area contributed by atoms with E-state index in [9.17, 15) is 4.79 Å². The van der Waals surface area contributed by atoms with Gasteiger partial charge in [0.1, 0.15) is 30.6 Å². The number of hydrogen-bond acceptors (Lipinski definition) is 5. The Bertz CT molecular complexity index is 660. The Kier molecular flexibility index (Phi) is 5.43. The Morgan fingerprint density at radius 3 is 3.04 bits per heavy atom. The molecule has 2 heterocycles. The Labute approximate surface area is 140 Å². The van der Waals surface area contributed by atoms with Crippen LogP contribution in [-0.2, 0) is 6.54 Å². The van der Waals surface area contributed by atoms with Crippen LogP contribution >= 0.6 is 0 Å². The summed E-state index contributed by atoms with van der Waals surface area (Å²) in [5, 5.41) is 13.3. The number of carboxylic acids is 1. The van der Waals surface area contributed by atoms with Crippen molar-refractivity contribution in [2.24, 2.45) is 5.92 Å². The third-order valence-corrected chi connectivity index (χ3v) is 4.30. The molecule has 7 nitrogen and oxygen atoms in total. The minimum atomic E-state index is -0.962. The Hall–Kier alpha value is -2.41. The van der Waals surface area contributed by atoms with Gasteiger partial charge in [-0.15, -0.1) is 0 Å². The maximum absolute atomic E-state index is 11.2. The largest absolute Gasteiger partial charge is 0.491 e. The van der Waals surface area contributed by atoms with Gasteiger partial charge in [0.25, 0.3) is 0 Å². The molecule has 0 amide bonds. The van der Waals surface area contributed by atoms with Crippen molar-refractivity contribution in [1.82, 2.24) is 19.7 Å². The van der Waals surface area contributed by atoms with Crippen LogP contribution in [0.25, 0.3) is 0 Å². The third-order valence-electron chi connectivity index (χ3n) is 4.30. The van der Waals surface area contributed by atoms with E-state index < -0.39 is 5.97 Å². The number of nitrogens with zero attached hydrogens (tertiary/aromatic N) is 4. The SMILES string of the molecule is O=C(O)c1ccccc1OCCN1CCCC(Cn2cncn2)C1. The molecule has 1 fully saturated rings. The van der Waals surface area contributed by atoms with E-state index in [1.165, 1.54) is 6.42 Å². The van der Waals surface area contributed by atoms with E-state index in [0.717, 1.165) is 32.6 Å². The molecular formula is C17H22N4O3. The fourth-order valence-corrected chi connectivity index (χ4v) is 3.15. The molecule has 1 atom stereocenters. The van der Waals surface area contributed by atoms with Gasteiger partial charge in [-0.05, 0) is 37.4 Å². The van der Waals surface area contributed by atoms with Crippen molar-refractivity contribution < 1.29 is 14.6 Å². The first-order chi connectivity index (χ1) is 11.7. The van der Waals surface area contributed by atoms with Gasteiger partial charge < -0.3 is 9.84 Å². The number of benzene rings is 1. The monoisotopic (exact) mass is 330 g/mol. The molecule has 7 heteroatoms. The number of hydrogen-bond donors (Lipinski definition) is 1. The average Bonchev–Trinajstić information content (AvgIpc) is 3.08. The predicted octanol–water partition coefficient (Wildman–Crippen LogP) is 1.77. The van der Waals surface area contributed by atoms with Crippen molar-refractivity contribution in [3.8, 4) is 5.75 Å². The number of likely N-dealkylation sites (tertiary alicyclic amines) is 1. The van der Waals surface area contributed by atoms with Gasteiger partial charge in [0.15, 0.2) is 0 Å². The van der Waals surface area contributed by atoms with E-state index in [0.29, 0.717) is 18.3 Å². The van der Waals surface area contributed by atoms with Crippen LogP contribution in [0.2, 0.25) is 0 Å². The first-order valence-electron chi connectivity index (χ1n) is 8.22. The van der Waals surface area contributed by atoms with Crippen molar-refractivity contribution in [3.05, 3.63) is 42.5 Å². The zero-order chi connectivity index (χ0) is 16.8. The Balaban J connectivity index is 1.47. The van der Waals surface area contributed by atoms with E-state index in [-0.39, 0.29) is 5.56 Å². The lowest BCUT2D eigenvalue weighted by Gasteiger charge is -2.32. The molecule has 1 aromatic carbocycles. The molecule has 1 aliphatic rings. The van der Waals surface area contributed by atoms with E-state index in [4.69, 9.17) is 9.84 Å². The summed E-state index contributed by atoms with van der Waals surface area (Å²) in [5.74, 6) is 0.0319. The summed E-state index contributed by atoms with van der Waals surface area (Å²) in [5.41, 5.74) is 0.209. The van der Waals surface area contributed by atoms with Crippen LogP contribution < -0.4 is 4.74 Å². The van der Waals surface area contributed by atoms with Crippen molar-refractivity contribution in [1.29, 1.82) is 0 Å². The van der Waals surface area contributed by atoms with E-state index >= 15 is 0 Å². The number of carboxylic acid groups (broad SMARTS) is 1. The maximum atomic E-state index is 11.2. The van der Waals surface area contributed by atoms with Crippen LogP contribution in [0.3, 0.4) is 0 Å². The second-order valence-electron chi connectivity index (χ2n) is 6.08. The molecule has 0 aliphatic carbocycles. The Morgan fingerprint density at radius 1 is 1.38 bits per heavy atom. The van der Waals surface area contributed by atoms with Crippen LogP contribution in [0.1, 0.15) is 23.2 Å². The highest BCUT2D eigenvalue weighted by atomic mass is 16.5. The molecule has 0 bridgehead atoms. The van der Waals surface area contributed by atoms with Crippen LogP contribution in [0.15, 0.2) is 36.9 Å². The summed E-state index contributed by atoms with van der Waals surface area (Å²) in [7, 11) is 0. The standard InChI is InChI=1S/C17H22N4O3/c22-17(23)15-5-1-2-6-16(15)24-9-8-20-7-3-4-14(10-20)11-21-13-18-12-19-21/h1-2,5-6,12-14H,3-4,7-11H2,(H,22,23). The van der Waals surface area contributed by atoms with E-state index in [2.05, 4.69) is 15.0 Å². The molecule has 0 radical (unpaired) electrons. The number of aromatic nitrogens is 3. The van der Waals surface area contributed by atoms with Gasteiger partial charge in [-0.3, -0.25) is 9.58 Å². The molecule has 1 aliphatic heterocycles. The van der Waals surface area contributed by atoms with E-state index in [1.807, 2.05) is 4.68 Å². The molecule has 1 saturated heterocycles. The molecule has 128 valence electrons. The molecule has 2 aromatic rings. The second kappa shape index (κ2) is 7.92. The second-order valence-corrected chi connectivity index (χ2v) is 6.08.